The zero-order chi connectivity index (χ0) is 30.2. The number of imide groups is 1. The lowest BCUT2D eigenvalue weighted by Gasteiger charge is -2.36. The quantitative estimate of drug-likeness (QED) is 0.329. The molecule has 43 heavy (non-hydrogen) atoms. The van der Waals surface area contributed by atoms with Crippen LogP contribution in [0.1, 0.15) is 61.3 Å². The highest BCUT2D eigenvalue weighted by atomic mass is 16.5. The smallest absolute Gasteiger partial charge is 0.234 e. The molecule has 2 N–H and O–H groups in total. The number of allylic oxidation sites excluding steroid dienone is 1. The zero-order valence-electron chi connectivity index (χ0n) is 25.6. The van der Waals surface area contributed by atoms with Crippen molar-refractivity contribution in [3.63, 3.8) is 0 Å². The number of aromatic hydroxyl groups is 1. The number of hydrogen-bond donors (Lipinski definition) is 2. The van der Waals surface area contributed by atoms with Crippen LogP contribution in [-0.2, 0) is 20.9 Å². The SMILES string of the molecule is C/C(=C\c1cc(C)c(O)c(C)c1)CC[C@H]1OC[C@H]2C1=C(CO)C[C@H]1C(=O)N(C3CCN(Cc4ccccc4)CC3)C(=O)[C@H]12. The summed E-state index contributed by atoms with van der Waals surface area (Å²) in [7, 11) is 0. The van der Waals surface area contributed by atoms with Gasteiger partial charge in [-0.3, -0.25) is 19.4 Å². The Morgan fingerprint density at radius 2 is 1.72 bits per heavy atom. The predicted molar refractivity (Wildman–Crippen MR) is 166 cm³/mol. The van der Waals surface area contributed by atoms with Gasteiger partial charge in [0.15, 0.2) is 0 Å². The van der Waals surface area contributed by atoms with Crippen LogP contribution in [0, 0.1) is 31.6 Å². The summed E-state index contributed by atoms with van der Waals surface area (Å²) in [6, 6.07) is 14.3. The van der Waals surface area contributed by atoms with Gasteiger partial charge in [0.25, 0.3) is 0 Å². The summed E-state index contributed by atoms with van der Waals surface area (Å²) in [6.07, 6.45) is 5.61. The first-order chi connectivity index (χ1) is 20.7. The van der Waals surface area contributed by atoms with Crippen LogP contribution in [-0.4, -0.2) is 70.3 Å². The molecule has 0 bridgehead atoms. The van der Waals surface area contributed by atoms with Crippen LogP contribution in [0.15, 0.2) is 59.2 Å². The summed E-state index contributed by atoms with van der Waals surface area (Å²) in [5, 5.41) is 20.5. The minimum Gasteiger partial charge on any atom is -0.507 e. The molecule has 3 aliphatic heterocycles. The van der Waals surface area contributed by atoms with Crippen LogP contribution in [0.4, 0.5) is 0 Å². The van der Waals surface area contributed by atoms with E-state index in [2.05, 4.69) is 42.2 Å². The van der Waals surface area contributed by atoms with E-state index in [1.54, 1.807) is 4.90 Å². The zero-order valence-corrected chi connectivity index (χ0v) is 25.6. The Kier molecular flexibility index (Phi) is 8.58. The van der Waals surface area contributed by atoms with Crippen molar-refractivity contribution in [2.24, 2.45) is 17.8 Å². The number of ether oxygens (including phenoxy) is 1. The molecule has 3 saturated heterocycles. The fraction of sp³-hybridized carbons (Fsp3) is 0.500. The normalized spacial score (nSPS) is 26.8. The molecular formula is C36H44N2O5. The maximum absolute atomic E-state index is 13.9. The van der Waals surface area contributed by atoms with E-state index in [1.807, 2.05) is 32.0 Å². The molecule has 7 nitrogen and oxygen atoms in total. The molecule has 4 aliphatic rings. The second-order valence-corrected chi connectivity index (χ2v) is 13.1. The Labute approximate surface area is 254 Å². The fourth-order valence-electron chi connectivity index (χ4n) is 7.97. The molecule has 2 aromatic rings. The number of aliphatic hydroxyl groups excluding tert-OH is 1. The van der Waals surface area contributed by atoms with Crippen LogP contribution in [0.2, 0.25) is 0 Å². The predicted octanol–water partition coefficient (Wildman–Crippen LogP) is 5.17. The highest BCUT2D eigenvalue weighted by molar-refractivity contribution is 6.06. The maximum atomic E-state index is 13.9. The molecule has 228 valence electrons. The first-order valence-corrected chi connectivity index (χ1v) is 15.8. The van der Waals surface area contributed by atoms with Crippen LogP contribution >= 0.6 is 0 Å². The van der Waals surface area contributed by atoms with E-state index < -0.39 is 5.92 Å². The van der Waals surface area contributed by atoms with Gasteiger partial charge in [-0.1, -0.05) is 42.0 Å². The van der Waals surface area contributed by atoms with E-state index in [0.717, 1.165) is 73.2 Å². The van der Waals surface area contributed by atoms with Gasteiger partial charge in [0.1, 0.15) is 5.75 Å². The highest BCUT2D eigenvalue weighted by Crippen LogP contribution is 2.50. The van der Waals surface area contributed by atoms with Crippen molar-refractivity contribution in [3.8, 4) is 5.75 Å². The maximum Gasteiger partial charge on any atom is 0.234 e. The van der Waals surface area contributed by atoms with E-state index in [-0.39, 0.29) is 42.4 Å². The minimum absolute atomic E-state index is 0.0330. The molecule has 0 saturated carbocycles. The molecule has 0 unspecified atom stereocenters. The number of phenols is 1. The number of benzene rings is 2. The Morgan fingerprint density at radius 1 is 1.02 bits per heavy atom. The number of carbonyl (C=O) groups is 2. The first-order valence-electron chi connectivity index (χ1n) is 15.8. The van der Waals surface area contributed by atoms with E-state index >= 15 is 0 Å². The summed E-state index contributed by atoms with van der Waals surface area (Å²) in [5.41, 5.74) is 7.22. The van der Waals surface area contributed by atoms with Crippen molar-refractivity contribution in [1.82, 2.24) is 9.80 Å². The number of nitrogens with zero attached hydrogens (tertiary/aromatic N) is 2. The van der Waals surface area contributed by atoms with Gasteiger partial charge in [-0.25, -0.2) is 0 Å². The molecule has 1 aliphatic carbocycles. The third-order valence-electron chi connectivity index (χ3n) is 10.1. The van der Waals surface area contributed by atoms with Crippen LogP contribution in [0.3, 0.4) is 0 Å². The third kappa shape index (κ3) is 5.83. The van der Waals surface area contributed by atoms with Gasteiger partial charge in [-0.2, -0.15) is 0 Å². The second-order valence-electron chi connectivity index (χ2n) is 13.1. The van der Waals surface area contributed by atoms with Gasteiger partial charge in [0, 0.05) is 31.6 Å². The number of aryl methyl sites for hydroxylation is 2. The molecule has 3 heterocycles. The minimum atomic E-state index is -0.393. The summed E-state index contributed by atoms with van der Waals surface area (Å²) in [4.78, 5) is 31.7. The Hall–Kier alpha value is -3.26. The van der Waals surface area contributed by atoms with Crippen molar-refractivity contribution in [2.45, 2.75) is 71.6 Å². The monoisotopic (exact) mass is 584 g/mol. The van der Waals surface area contributed by atoms with E-state index in [1.165, 1.54) is 11.1 Å². The molecule has 2 amide bonds. The molecule has 2 aromatic carbocycles. The molecular weight excluding hydrogens is 540 g/mol. The van der Waals surface area contributed by atoms with Gasteiger partial charge in [0.05, 0.1) is 31.2 Å². The summed E-state index contributed by atoms with van der Waals surface area (Å²) < 4.78 is 6.31. The van der Waals surface area contributed by atoms with Gasteiger partial charge in [-0.15, -0.1) is 0 Å². The average Bonchev–Trinajstić information content (AvgIpc) is 3.53. The van der Waals surface area contributed by atoms with Crippen molar-refractivity contribution in [2.75, 3.05) is 26.3 Å². The second kappa shape index (κ2) is 12.4. The molecule has 3 fully saturated rings. The number of amides is 2. The van der Waals surface area contributed by atoms with Crippen molar-refractivity contribution >= 4 is 17.9 Å². The Morgan fingerprint density at radius 3 is 2.40 bits per heavy atom. The number of fused-ring (bicyclic) bond motifs is 3. The number of phenolic OH excluding ortho intramolecular Hbond substituents is 1. The standard InChI is InChI=1S/C36H44N2O5/c1-22(15-26-16-23(2)34(40)24(3)17-26)9-10-31-32-27(20-39)18-29-33(30(32)21-43-31)36(42)38(35(29)41)28-11-13-37(14-12-28)19-25-7-5-4-6-8-25/h4-8,15-17,28-31,33,39-40H,9-14,18-21H2,1-3H3/b22-15+/t29-,30+,31-,33-/m1/s1. The number of hydrogen-bond acceptors (Lipinski definition) is 6. The Balaban J connectivity index is 1.11. The van der Waals surface area contributed by atoms with Crippen LogP contribution in [0.25, 0.3) is 6.08 Å². The van der Waals surface area contributed by atoms with Crippen LogP contribution in [0.5, 0.6) is 5.75 Å². The summed E-state index contributed by atoms with van der Waals surface area (Å²) in [5.74, 6) is -0.665. The lowest BCUT2D eigenvalue weighted by Crippen LogP contribution is -2.47. The topological polar surface area (TPSA) is 90.3 Å². The molecule has 4 atom stereocenters. The van der Waals surface area contributed by atoms with E-state index in [0.29, 0.717) is 18.8 Å². The summed E-state index contributed by atoms with van der Waals surface area (Å²) >= 11 is 0. The number of piperidine rings is 1. The van der Waals surface area contributed by atoms with Crippen molar-refractivity contribution in [1.29, 1.82) is 0 Å². The molecule has 6 rings (SSSR count). The fourth-order valence-corrected chi connectivity index (χ4v) is 7.97. The average molecular weight is 585 g/mol. The van der Waals surface area contributed by atoms with Gasteiger partial charge < -0.3 is 14.9 Å². The van der Waals surface area contributed by atoms with Gasteiger partial charge >= 0.3 is 0 Å². The number of likely N-dealkylation sites (tertiary alicyclic amines) is 2. The Bertz CT molecular complexity index is 1420. The molecule has 7 heteroatoms. The third-order valence-corrected chi connectivity index (χ3v) is 10.1. The van der Waals surface area contributed by atoms with Gasteiger partial charge in [0.2, 0.25) is 11.8 Å². The largest absolute Gasteiger partial charge is 0.507 e. The summed E-state index contributed by atoms with van der Waals surface area (Å²) in [6.45, 7) is 8.85. The van der Waals surface area contributed by atoms with E-state index in [9.17, 15) is 19.8 Å². The number of carbonyl (C=O) groups excluding carboxylic acids is 2. The number of rotatable bonds is 8. The van der Waals surface area contributed by atoms with Crippen LogP contribution < -0.4 is 0 Å². The van der Waals surface area contributed by atoms with E-state index in [4.69, 9.17) is 4.74 Å². The van der Waals surface area contributed by atoms with Crippen molar-refractivity contribution in [3.05, 3.63) is 81.4 Å². The lowest BCUT2D eigenvalue weighted by atomic mass is 9.69. The molecule has 0 aromatic heterocycles. The lowest BCUT2D eigenvalue weighted by molar-refractivity contribution is -0.144. The number of aliphatic hydroxyl groups is 1. The van der Waals surface area contributed by atoms with Crippen molar-refractivity contribution < 1.29 is 24.5 Å². The first kappa shape index (κ1) is 29.8. The molecule has 0 spiro atoms. The molecule has 0 radical (unpaired) electrons. The highest BCUT2D eigenvalue weighted by Gasteiger charge is 2.58. The van der Waals surface area contributed by atoms with Gasteiger partial charge in [-0.05, 0) is 98.4 Å².